The molecule has 0 spiro atoms. The Balaban J connectivity index is 1.80. The zero-order valence-electron chi connectivity index (χ0n) is 14.8. The molecule has 0 saturated heterocycles. The van der Waals surface area contributed by atoms with Crippen LogP contribution in [0.5, 0.6) is 0 Å². The fraction of sp³-hybridized carbons (Fsp3) is 0.182. The van der Waals surface area contributed by atoms with Crippen LogP contribution in [0.4, 0.5) is 0 Å². The van der Waals surface area contributed by atoms with Gasteiger partial charge in [-0.1, -0.05) is 53.5 Å². The average Bonchev–Trinajstić information content (AvgIpc) is 2.68. The Bertz CT molecular complexity index is 1060. The molecule has 0 radical (unpaired) electrons. The molecule has 6 heteroatoms. The van der Waals surface area contributed by atoms with Crippen LogP contribution in [0, 0.1) is 11.3 Å². The third-order valence-corrected chi connectivity index (χ3v) is 5.81. The predicted molar refractivity (Wildman–Crippen MR) is 108 cm³/mol. The van der Waals surface area contributed by atoms with E-state index in [9.17, 15) is 10.1 Å². The maximum atomic E-state index is 13.2. The molecule has 2 unspecified atom stereocenters. The molecule has 1 heterocycles. The summed E-state index contributed by atoms with van der Waals surface area (Å²) in [5.74, 6) is -0.161. The van der Waals surface area contributed by atoms with Crippen molar-refractivity contribution in [3.8, 4) is 6.07 Å². The fourth-order valence-electron chi connectivity index (χ4n) is 3.92. The van der Waals surface area contributed by atoms with Crippen molar-refractivity contribution in [2.75, 3.05) is 0 Å². The molecule has 0 aromatic heterocycles. The van der Waals surface area contributed by atoms with Crippen molar-refractivity contribution in [3.63, 3.8) is 0 Å². The van der Waals surface area contributed by atoms with Crippen molar-refractivity contribution in [2.45, 2.75) is 24.7 Å². The molecule has 0 fully saturated rings. The highest BCUT2D eigenvalue weighted by atomic mass is 35.5. The van der Waals surface area contributed by atoms with Gasteiger partial charge in [-0.25, -0.2) is 0 Å². The number of Topliss-reactive ketones (excluding diaryl/α,β-unsaturated/α-hetero) is 1. The van der Waals surface area contributed by atoms with E-state index in [1.54, 1.807) is 24.3 Å². The number of nitriles is 1. The minimum atomic E-state index is -0.550. The van der Waals surface area contributed by atoms with Crippen LogP contribution < -0.4 is 5.73 Å². The summed E-state index contributed by atoms with van der Waals surface area (Å²) in [7, 11) is 0. The van der Waals surface area contributed by atoms with Crippen LogP contribution in [0.2, 0.25) is 10.0 Å². The van der Waals surface area contributed by atoms with Gasteiger partial charge >= 0.3 is 0 Å². The van der Waals surface area contributed by atoms with Crippen molar-refractivity contribution in [2.24, 2.45) is 5.73 Å². The number of ketones is 1. The minimum absolute atomic E-state index is 0.0359. The van der Waals surface area contributed by atoms with E-state index < -0.39 is 5.92 Å². The van der Waals surface area contributed by atoms with E-state index >= 15 is 0 Å². The van der Waals surface area contributed by atoms with Gasteiger partial charge in [-0.15, -0.1) is 0 Å². The molecule has 4 rings (SSSR count). The van der Waals surface area contributed by atoms with E-state index in [4.69, 9.17) is 33.7 Å². The van der Waals surface area contributed by atoms with Gasteiger partial charge in [0.2, 0.25) is 5.88 Å². The summed E-state index contributed by atoms with van der Waals surface area (Å²) < 4.78 is 5.76. The van der Waals surface area contributed by atoms with Crippen LogP contribution in [0.15, 0.2) is 71.3 Å². The fourth-order valence-corrected chi connectivity index (χ4v) is 4.34. The van der Waals surface area contributed by atoms with Gasteiger partial charge in [0.1, 0.15) is 17.4 Å². The molecule has 2 aromatic carbocycles. The zero-order chi connectivity index (χ0) is 19.8. The molecule has 1 aliphatic carbocycles. The molecule has 0 saturated carbocycles. The number of ether oxygens (including phenoxy) is 1. The summed E-state index contributed by atoms with van der Waals surface area (Å²) >= 11 is 12.3. The lowest BCUT2D eigenvalue weighted by molar-refractivity contribution is -0.117. The second-order valence-corrected chi connectivity index (χ2v) is 7.71. The molecule has 2 N–H and O–H groups in total. The molecule has 2 aliphatic rings. The maximum Gasteiger partial charge on any atom is 0.205 e. The number of carbonyl (C=O) groups is 1. The van der Waals surface area contributed by atoms with Gasteiger partial charge in [-0.3, -0.25) is 4.79 Å². The highest BCUT2D eigenvalue weighted by Crippen LogP contribution is 2.47. The SMILES string of the molecule is N#CC1=C(N)OC2=C(C(=O)CC(c3ccccc3Cl)C2)C1c1ccc(Cl)cc1. The van der Waals surface area contributed by atoms with Gasteiger partial charge in [0.15, 0.2) is 5.78 Å². The first-order chi connectivity index (χ1) is 13.5. The summed E-state index contributed by atoms with van der Waals surface area (Å²) in [6.07, 6.45) is 0.795. The van der Waals surface area contributed by atoms with Crippen LogP contribution in [0.1, 0.15) is 35.8 Å². The zero-order valence-corrected chi connectivity index (χ0v) is 16.3. The molecular formula is C22H16Cl2N2O2. The van der Waals surface area contributed by atoms with E-state index in [0.29, 0.717) is 34.2 Å². The monoisotopic (exact) mass is 410 g/mol. The van der Waals surface area contributed by atoms with E-state index in [2.05, 4.69) is 6.07 Å². The van der Waals surface area contributed by atoms with Gasteiger partial charge in [-0.2, -0.15) is 5.26 Å². The maximum absolute atomic E-state index is 13.2. The van der Waals surface area contributed by atoms with Crippen LogP contribution in [-0.4, -0.2) is 5.78 Å². The summed E-state index contributed by atoms with van der Waals surface area (Å²) in [6, 6.07) is 16.7. The van der Waals surface area contributed by atoms with Crippen LogP contribution in [0.25, 0.3) is 0 Å². The number of nitrogens with two attached hydrogens (primary N) is 1. The number of nitrogens with zero attached hydrogens (tertiary/aromatic N) is 1. The lowest BCUT2D eigenvalue weighted by atomic mass is 9.73. The van der Waals surface area contributed by atoms with Crippen molar-refractivity contribution in [3.05, 3.63) is 92.5 Å². The molecule has 0 amide bonds. The first-order valence-corrected chi connectivity index (χ1v) is 9.59. The summed E-state index contributed by atoms with van der Waals surface area (Å²) in [5, 5.41) is 10.8. The second kappa shape index (κ2) is 7.35. The standard InChI is InChI=1S/C22H16Cl2N2O2/c23-14-7-5-12(6-8-14)20-16(11-25)22(26)28-19-10-13(9-18(27)21(19)20)15-3-1-2-4-17(15)24/h1-8,13,20H,9-10,26H2. The number of allylic oxidation sites excluding steroid dienone is 3. The molecule has 4 nitrogen and oxygen atoms in total. The number of carbonyl (C=O) groups excluding carboxylic acids is 1. The molecule has 0 bridgehead atoms. The van der Waals surface area contributed by atoms with E-state index in [0.717, 1.165) is 11.1 Å². The lowest BCUT2D eigenvalue weighted by Crippen LogP contribution is -2.29. The Morgan fingerprint density at radius 3 is 2.46 bits per heavy atom. The van der Waals surface area contributed by atoms with Gasteiger partial charge in [0, 0.05) is 28.5 Å². The molecule has 140 valence electrons. The number of hydrogen-bond acceptors (Lipinski definition) is 4. The van der Waals surface area contributed by atoms with Crippen LogP contribution in [0.3, 0.4) is 0 Å². The van der Waals surface area contributed by atoms with E-state index in [1.807, 2.05) is 24.3 Å². The van der Waals surface area contributed by atoms with Crippen molar-refractivity contribution in [1.82, 2.24) is 0 Å². The highest BCUT2D eigenvalue weighted by Gasteiger charge is 2.41. The molecular weight excluding hydrogens is 395 g/mol. The summed E-state index contributed by atoms with van der Waals surface area (Å²) in [5.41, 5.74) is 8.48. The Labute approximate surface area is 172 Å². The molecule has 1 aliphatic heterocycles. The number of hydrogen-bond donors (Lipinski definition) is 1. The van der Waals surface area contributed by atoms with Crippen molar-refractivity contribution >= 4 is 29.0 Å². The topological polar surface area (TPSA) is 76.1 Å². The first-order valence-electron chi connectivity index (χ1n) is 8.83. The largest absolute Gasteiger partial charge is 0.444 e. The van der Waals surface area contributed by atoms with Crippen LogP contribution >= 0.6 is 23.2 Å². The normalized spacial score (nSPS) is 21.8. The first kappa shape index (κ1) is 18.6. The Morgan fingerprint density at radius 1 is 1.07 bits per heavy atom. The van der Waals surface area contributed by atoms with Gasteiger partial charge in [0.05, 0.1) is 5.92 Å². The number of benzene rings is 2. The Morgan fingerprint density at radius 2 is 1.79 bits per heavy atom. The van der Waals surface area contributed by atoms with Crippen LogP contribution in [-0.2, 0) is 9.53 Å². The Hall–Kier alpha value is -2.74. The van der Waals surface area contributed by atoms with Crippen molar-refractivity contribution < 1.29 is 9.53 Å². The third kappa shape index (κ3) is 3.17. The average molecular weight is 411 g/mol. The second-order valence-electron chi connectivity index (χ2n) is 6.86. The van der Waals surface area contributed by atoms with Crippen molar-refractivity contribution in [1.29, 1.82) is 5.26 Å². The number of rotatable bonds is 2. The predicted octanol–water partition coefficient (Wildman–Crippen LogP) is 5.20. The van der Waals surface area contributed by atoms with Gasteiger partial charge in [0.25, 0.3) is 0 Å². The smallest absolute Gasteiger partial charge is 0.205 e. The van der Waals surface area contributed by atoms with E-state index in [1.165, 1.54) is 0 Å². The third-order valence-electron chi connectivity index (χ3n) is 5.21. The summed E-state index contributed by atoms with van der Waals surface area (Å²) in [4.78, 5) is 13.2. The highest BCUT2D eigenvalue weighted by molar-refractivity contribution is 6.31. The molecule has 2 atom stereocenters. The molecule has 2 aromatic rings. The Kier molecular flexibility index (Phi) is 4.89. The molecule has 28 heavy (non-hydrogen) atoms. The summed E-state index contributed by atoms with van der Waals surface area (Å²) in [6.45, 7) is 0. The lowest BCUT2D eigenvalue weighted by Gasteiger charge is -2.34. The van der Waals surface area contributed by atoms with E-state index in [-0.39, 0.29) is 23.2 Å². The van der Waals surface area contributed by atoms with Gasteiger partial charge < -0.3 is 10.5 Å². The number of halogens is 2. The van der Waals surface area contributed by atoms with Gasteiger partial charge in [-0.05, 0) is 35.2 Å². The minimum Gasteiger partial charge on any atom is -0.444 e. The quantitative estimate of drug-likeness (QED) is 0.737.